The molecule has 29 heavy (non-hydrogen) atoms. The fourth-order valence-electron chi connectivity index (χ4n) is 3.64. The minimum absolute atomic E-state index is 0. The first-order valence-corrected chi connectivity index (χ1v) is 9.37. The lowest BCUT2D eigenvalue weighted by atomic mass is 9.95. The number of halogens is 1. The van der Waals surface area contributed by atoms with Gasteiger partial charge in [-0.2, -0.15) is 10.1 Å². The van der Waals surface area contributed by atoms with Crippen molar-refractivity contribution in [2.24, 2.45) is 0 Å². The van der Waals surface area contributed by atoms with E-state index in [1.54, 1.807) is 6.20 Å². The molecule has 0 atom stereocenters. The fourth-order valence-corrected chi connectivity index (χ4v) is 3.64. The number of fused-ring (bicyclic) bond motifs is 1. The van der Waals surface area contributed by atoms with Crippen molar-refractivity contribution in [2.75, 3.05) is 6.54 Å². The third-order valence-corrected chi connectivity index (χ3v) is 5.05. The molecule has 0 saturated heterocycles. The van der Waals surface area contributed by atoms with E-state index in [1.165, 1.54) is 16.7 Å². The van der Waals surface area contributed by atoms with Gasteiger partial charge in [-0.15, -0.1) is 12.4 Å². The van der Waals surface area contributed by atoms with E-state index in [1.807, 2.05) is 42.2 Å². The SMILES string of the molecule is Cc1ncc2c(c1-c1noc(-c3cnn(Cc4ccccc4)c3)n1)CCNC2.Cl. The van der Waals surface area contributed by atoms with Gasteiger partial charge >= 0.3 is 0 Å². The van der Waals surface area contributed by atoms with Gasteiger partial charge in [0.05, 0.1) is 18.3 Å². The standard InChI is InChI=1S/C21H20N6O.ClH/c1-14-19(18-7-8-22-9-16(18)10-23-14)20-25-21(28-26-20)17-11-24-27(13-17)12-15-5-3-2-4-6-15;/h2-6,10-11,13,22H,7-9,12H2,1H3;1H. The first-order chi connectivity index (χ1) is 13.8. The summed E-state index contributed by atoms with van der Waals surface area (Å²) in [4.78, 5) is 9.17. The predicted molar refractivity (Wildman–Crippen MR) is 112 cm³/mol. The monoisotopic (exact) mass is 408 g/mol. The van der Waals surface area contributed by atoms with Crippen molar-refractivity contribution < 1.29 is 4.52 Å². The van der Waals surface area contributed by atoms with Gasteiger partial charge in [-0.1, -0.05) is 35.5 Å². The van der Waals surface area contributed by atoms with Gasteiger partial charge < -0.3 is 9.84 Å². The number of hydrogen-bond acceptors (Lipinski definition) is 6. The average Bonchev–Trinajstić information content (AvgIpc) is 3.38. The molecule has 0 spiro atoms. The maximum Gasteiger partial charge on any atom is 0.261 e. The quantitative estimate of drug-likeness (QED) is 0.557. The Morgan fingerprint density at radius 1 is 1.17 bits per heavy atom. The number of hydrogen-bond donors (Lipinski definition) is 1. The maximum absolute atomic E-state index is 5.56. The zero-order chi connectivity index (χ0) is 18.9. The normalized spacial score (nSPS) is 13.0. The van der Waals surface area contributed by atoms with Gasteiger partial charge in [0.2, 0.25) is 5.82 Å². The molecule has 1 N–H and O–H groups in total. The predicted octanol–water partition coefficient (Wildman–Crippen LogP) is 3.42. The summed E-state index contributed by atoms with van der Waals surface area (Å²) in [7, 11) is 0. The molecule has 3 aromatic heterocycles. The van der Waals surface area contributed by atoms with Crippen molar-refractivity contribution >= 4 is 12.4 Å². The van der Waals surface area contributed by atoms with E-state index >= 15 is 0 Å². The van der Waals surface area contributed by atoms with Gasteiger partial charge in [-0.3, -0.25) is 9.67 Å². The van der Waals surface area contributed by atoms with Gasteiger partial charge in [-0.05, 0) is 36.6 Å². The molecule has 1 aromatic carbocycles. The molecule has 5 rings (SSSR count). The van der Waals surface area contributed by atoms with E-state index in [2.05, 4.69) is 37.7 Å². The summed E-state index contributed by atoms with van der Waals surface area (Å²) < 4.78 is 7.43. The first kappa shape index (κ1) is 19.3. The Morgan fingerprint density at radius 3 is 2.90 bits per heavy atom. The highest BCUT2D eigenvalue weighted by atomic mass is 35.5. The molecule has 4 heterocycles. The molecule has 0 saturated carbocycles. The summed E-state index contributed by atoms with van der Waals surface area (Å²) in [5.74, 6) is 1.06. The van der Waals surface area contributed by atoms with Gasteiger partial charge in [-0.25, -0.2) is 0 Å². The van der Waals surface area contributed by atoms with Crippen molar-refractivity contribution in [1.29, 1.82) is 0 Å². The van der Waals surface area contributed by atoms with Crippen molar-refractivity contribution in [3.05, 3.63) is 71.3 Å². The Kier molecular flexibility index (Phi) is 5.42. The van der Waals surface area contributed by atoms with Crippen LogP contribution >= 0.6 is 12.4 Å². The van der Waals surface area contributed by atoms with Crippen molar-refractivity contribution in [2.45, 2.75) is 26.4 Å². The molecule has 4 aromatic rings. The average molecular weight is 409 g/mol. The highest BCUT2D eigenvalue weighted by molar-refractivity contribution is 5.85. The zero-order valence-electron chi connectivity index (χ0n) is 16.0. The highest BCUT2D eigenvalue weighted by Gasteiger charge is 2.21. The number of rotatable bonds is 4. The molecule has 148 valence electrons. The lowest BCUT2D eigenvalue weighted by Crippen LogP contribution is -2.24. The maximum atomic E-state index is 5.56. The molecule has 0 fully saturated rings. The van der Waals surface area contributed by atoms with Gasteiger partial charge in [0.1, 0.15) is 0 Å². The van der Waals surface area contributed by atoms with Crippen LogP contribution in [-0.2, 0) is 19.5 Å². The Morgan fingerprint density at radius 2 is 2.03 bits per heavy atom. The van der Waals surface area contributed by atoms with Crippen LogP contribution in [0, 0.1) is 6.92 Å². The topological polar surface area (TPSA) is 81.7 Å². The first-order valence-electron chi connectivity index (χ1n) is 9.37. The van der Waals surface area contributed by atoms with Crippen LogP contribution in [0.4, 0.5) is 0 Å². The molecule has 1 aliphatic heterocycles. The molecule has 8 heteroatoms. The molecule has 0 aliphatic carbocycles. The summed E-state index contributed by atoms with van der Waals surface area (Å²) in [6.07, 6.45) is 6.57. The number of benzene rings is 1. The summed E-state index contributed by atoms with van der Waals surface area (Å²) in [5.41, 5.74) is 6.38. The third-order valence-electron chi connectivity index (χ3n) is 5.05. The van der Waals surface area contributed by atoms with Crippen LogP contribution in [0.1, 0.15) is 22.4 Å². The number of aryl methyl sites for hydroxylation is 1. The number of nitrogens with zero attached hydrogens (tertiary/aromatic N) is 5. The minimum Gasteiger partial charge on any atom is -0.333 e. The lowest BCUT2D eigenvalue weighted by molar-refractivity contribution is 0.432. The molecular weight excluding hydrogens is 388 g/mol. The summed E-state index contributed by atoms with van der Waals surface area (Å²) in [5, 5.41) is 12.0. The van der Waals surface area contributed by atoms with E-state index in [0.717, 1.165) is 36.3 Å². The fraction of sp³-hybridized carbons (Fsp3) is 0.238. The van der Waals surface area contributed by atoms with Crippen molar-refractivity contribution in [3.63, 3.8) is 0 Å². The number of pyridine rings is 1. The van der Waals surface area contributed by atoms with Crippen LogP contribution in [0.25, 0.3) is 22.8 Å². The Balaban J connectivity index is 0.00000205. The van der Waals surface area contributed by atoms with E-state index in [4.69, 9.17) is 4.52 Å². The van der Waals surface area contributed by atoms with Crippen LogP contribution < -0.4 is 5.32 Å². The van der Waals surface area contributed by atoms with Crippen LogP contribution in [0.5, 0.6) is 0 Å². The van der Waals surface area contributed by atoms with Crippen LogP contribution in [-0.4, -0.2) is 31.4 Å². The highest BCUT2D eigenvalue weighted by Crippen LogP contribution is 2.30. The third kappa shape index (κ3) is 3.79. The summed E-state index contributed by atoms with van der Waals surface area (Å²) in [6.45, 7) is 4.46. The Bertz CT molecular complexity index is 1120. The molecular formula is C21H21ClN6O. The molecule has 0 radical (unpaired) electrons. The zero-order valence-corrected chi connectivity index (χ0v) is 16.8. The molecule has 0 amide bonds. The van der Waals surface area contributed by atoms with Crippen LogP contribution in [0.15, 0.2) is 53.4 Å². The molecule has 0 unspecified atom stereocenters. The minimum atomic E-state index is 0. The Labute approximate surface area is 174 Å². The van der Waals surface area contributed by atoms with Crippen LogP contribution in [0.3, 0.4) is 0 Å². The Hall–Kier alpha value is -3.03. The van der Waals surface area contributed by atoms with E-state index in [-0.39, 0.29) is 12.4 Å². The summed E-state index contributed by atoms with van der Waals surface area (Å²) in [6, 6.07) is 10.2. The molecule has 0 bridgehead atoms. The summed E-state index contributed by atoms with van der Waals surface area (Å²) >= 11 is 0. The second kappa shape index (κ2) is 8.14. The van der Waals surface area contributed by atoms with Gasteiger partial charge in [0.25, 0.3) is 5.89 Å². The number of aromatic nitrogens is 5. The van der Waals surface area contributed by atoms with Gasteiger partial charge in [0.15, 0.2) is 0 Å². The van der Waals surface area contributed by atoms with Crippen molar-refractivity contribution in [1.82, 2.24) is 30.2 Å². The second-order valence-electron chi connectivity index (χ2n) is 6.98. The van der Waals surface area contributed by atoms with Gasteiger partial charge in [0, 0.05) is 30.2 Å². The largest absolute Gasteiger partial charge is 0.333 e. The van der Waals surface area contributed by atoms with E-state index < -0.39 is 0 Å². The smallest absolute Gasteiger partial charge is 0.261 e. The lowest BCUT2D eigenvalue weighted by Gasteiger charge is -2.19. The van der Waals surface area contributed by atoms with E-state index in [0.29, 0.717) is 18.3 Å². The van der Waals surface area contributed by atoms with Crippen molar-refractivity contribution in [3.8, 4) is 22.8 Å². The van der Waals surface area contributed by atoms with Crippen LogP contribution in [0.2, 0.25) is 0 Å². The second-order valence-corrected chi connectivity index (χ2v) is 6.98. The molecule has 7 nitrogen and oxygen atoms in total. The molecule has 1 aliphatic rings. The number of nitrogens with one attached hydrogen (secondary N) is 1. The van der Waals surface area contributed by atoms with E-state index in [9.17, 15) is 0 Å².